The average Bonchev–Trinajstić information content (AvgIpc) is 2.05. The van der Waals surface area contributed by atoms with Crippen LogP contribution in [0.1, 0.15) is 0 Å². The molecule has 1 N–H and O–H groups in total. The third-order valence-corrected chi connectivity index (χ3v) is 1.23. The van der Waals surface area contributed by atoms with Gasteiger partial charge in [-0.25, -0.2) is 4.98 Å². The van der Waals surface area contributed by atoms with Gasteiger partial charge in [-0.05, 0) is 0 Å². The molecule has 0 radical (unpaired) electrons. The van der Waals surface area contributed by atoms with Crippen LogP contribution in [0.2, 0.25) is 0 Å². The minimum Gasteiger partial charge on any atom is -0.480 e. The Labute approximate surface area is 68.9 Å². The van der Waals surface area contributed by atoms with Crippen molar-refractivity contribution in [1.82, 2.24) is 15.2 Å². The zero-order valence-electron chi connectivity index (χ0n) is 6.51. The molecule has 1 heterocycles. The molecule has 0 aromatic carbocycles. The summed E-state index contributed by atoms with van der Waals surface area (Å²) >= 11 is 0. The van der Waals surface area contributed by atoms with Gasteiger partial charge in [-0.15, -0.1) is 10.2 Å². The molecule has 0 atom stereocenters. The summed E-state index contributed by atoms with van der Waals surface area (Å²) in [6, 6.07) is 0. The van der Waals surface area contributed by atoms with Gasteiger partial charge in [0.15, 0.2) is 5.82 Å². The third-order valence-electron chi connectivity index (χ3n) is 1.23. The highest BCUT2D eigenvalue weighted by Crippen LogP contribution is 2.01. The van der Waals surface area contributed by atoms with Crippen LogP contribution in [0.3, 0.4) is 0 Å². The molecule has 0 unspecified atom stereocenters. The topological polar surface area (TPSA) is 79.2 Å². The van der Waals surface area contributed by atoms with Crippen molar-refractivity contribution in [2.24, 2.45) is 0 Å². The summed E-state index contributed by atoms with van der Waals surface area (Å²) in [6.45, 7) is -0.111. The van der Waals surface area contributed by atoms with Crippen LogP contribution in [0.25, 0.3) is 0 Å². The van der Waals surface area contributed by atoms with Gasteiger partial charge in [0, 0.05) is 7.05 Å². The quantitative estimate of drug-likeness (QED) is 0.648. The van der Waals surface area contributed by atoms with Crippen molar-refractivity contribution in [3.05, 3.63) is 12.5 Å². The standard InChI is InChI=1S/C6H8N4O2/c1-10(3-6(11)12)5-2-7-4-8-9-5/h2,4H,3H2,1H3,(H,11,12). The van der Waals surface area contributed by atoms with Crippen LogP contribution in [0.4, 0.5) is 5.82 Å². The number of hydrogen-bond donors (Lipinski definition) is 1. The fourth-order valence-electron chi connectivity index (χ4n) is 0.699. The molecule has 1 aromatic rings. The number of aromatic nitrogens is 3. The van der Waals surface area contributed by atoms with E-state index in [4.69, 9.17) is 5.11 Å². The van der Waals surface area contributed by atoms with E-state index in [0.717, 1.165) is 0 Å². The lowest BCUT2D eigenvalue weighted by Gasteiger charge is -2.12. The first kappa shape index (κ1) is 8.38. The Morgan fingerprint density at radius 2 is 2.50 bits per heavy atom. The van der Waals surface area contributed by atoms with E-state index in [0.29, 0.717) is 5.82 Å². The molecule has 0 amide bonds. The second kappa shape index (κ2) is 3.61. The first-order valence-electron chi connectivity index (χ1n) is 3.26. The number of likely N-dealkylation sites (N-methyl/N-ethyl adjacent to an activating group) is 1. The fourth-order valence-corrected chi connectivity index (χ4v) is 0.699. The maximum atomic E-state index is 10.3. The monoisotopic (exact) mass is 168 g/mol. The summed E-state index contributed by atoms with van der Waals surface area (Å²) in [5, 5.41) is 15.6. The van der Waals surface area contributed by atoms with Gasteiger partial charge < -0.3 is 10.0 Å². The number of carboxylic acids is 1. The smallest absolute Gasteiger partial charge is 0.323 e. The Kier molecular flexibility index (Phi) is 2.52. The zero-order chi connectivity index (χ0) is 8.97. The summed E-state index contributed by atoms with van der Waals surface area (Å²) in [6.07, 6.45) is 2.74. The summed E-state index contributed by atoms with van der Waals surface area (Å²) in [4.78, 5) is 15.4. The number of carboxylic acid groups (broad SMARTS) is 1. The van der Waals surface area contributed by atoms with Crippen LogP contribution in [0, 0.1) is 0 Å². The molecule has 0 fully saturated rings. The van der Waals surface area contributed by atoms with Crippen molar-refractivity contribution >= 4 is 11.8 Å². The van der Waals surface area contributed by atoms with Gasteiger partial charge in [0.1, 0.15) is 12.9 Å². The number of hydrogen-bond acceptors (Lipinski definition) is 5. The predicted molar refractivity (Wildman–Crippen MR) is 40.7 cm³/mol. The lowest BCUT2D eigenvalue weighted by atomic mass is 10.5. The van der Waals surface area contributed by atoms with Crippen LogP contribution in [-0.2, 0) is 4.79 Å². The summed E-state index contributed by atoms with van der Waals surface area (Å²) < 4.78 is 0. The highest BCUT2D eigenvalue weighted by molar-refractivity contribution is 5.72. The molecule has 0 aliphatic carbocycles. The minimum absolute atomic E-state index is 0.111. The van der Waals surface area contributed by atoms with Crippen molar-refractivity contribution in [1.29, 1.82) is 0 Å². The number of aliphatic carboxylic acids is 1. The molecule has 0 aliphatic heterocycles. The molecule has 64 valence electrons. The van der Waals surface area contributed by atoms with Crippen molar-refractivity contribution in [3.8, 4) is 0 Å². The van der Waals surface area contributed by atoms with Gasteiger partial charge in [0.05, 0.1) is 6.20 Å². The number of rotatable bonds is 3. The molecule has 0 saturated carbocycles. The van der Waals surface area contributed by atoms with E-state index in [2.05, 4.69) is 15.2 Å². The van der Waals surface area contributed by atoms with Crippen molar-refractivity contribution in [3.63, 3.8) is 0 Å². The molecule has 6 heteroatoms. The number of carbonyl (C=O) groups is 1. The van der Waals surface area contributed by atoms with Crippen LogP contribution in [-0.4, -0.2) is 39.8 Å². The van der Waals surface area contributed by atoms with Gasteiger partial charge in [-0.1, -0.05) is 0 Å². The average molecular weight is 168 g/mol. The minimum atomic E-state index is -0.914. The lowest BCUT2D eigenvalue weighted by Crippen LogP contribution is -2.26. The first-order valence-corrected chi connectivity index (χ1v) is 3.26. The van der Waals surface area contributed by atoms with Gasteiger partial charge in [-0.2, -0.15) is 0 Å². The van der Waals surface area contributed by atoms with Gasteiger partial charge in [0.2, 0.25) is 0 Å². The lowest BCUT2D eigenvalue weighted by molar-refractivity contribution is -0.135. The largest absolute Gasteiger partial charge is 0.480 e. The van der Waals surface area contributed by atoms with Crippen LogP contribution >= 0.6 is 0 Å². The summed E-state index contributed by atoms with van der Waals surface area (Å²) in [5.41, 5.74) is 0. The molecule has 0 saturated heterocycles. The van der Waals surface area contributed by atoms with E-state index in [1.54, 1.807) is 7.05 Å². The Bertz CT molecular complexity index is 264. The van der Waals surface area contributed by atoms with Crippen LogP contribution in [0.5, 0.6) is 0 Å². The molecule has 0 aliphatic rings. The Balaban J connectivity index is 2.65. The Hall–Kier alpha value is -1.72. The maximum absolute atomic E-state index is 10.3. The normalized spacial score (nSPS) is 9.42. The van der Waals surface area contributed by atoms with Crippen molar-refractivity contribution in [2.45, 2.75) is 0 Å². The van der Waals surface area contributed by atoms with Gasteiger partial charge in [0.25, 0.3) is 0 Å². The van der Waals surface area contributed by atoms with Crippen molar-refractivity contribution in [2.75, 3.05) is 18.5 Å². The van der Waals surface area contributed by atoms with Gasteiger partial charge in [-0.3, -0.25) is 4.79 Å². The second-order valence-corrected chi connectivity index (χ2v) is 2.22. The first-order chi connectivity index (χ1) is 5.70. The molecule has 0 bridgehead atoms. The molecule has 6 nitrogen and oxygen atoms in total. The number of anilines is 1. The van der Waals surface area contributed by atoms with E-state index in [1.165, 1.54) is 17.4 Å². The summed E-state index contributed by atoms with van der Waals surface area (Å²) in [7, 11) is 1.61. The molecular formula is C6H8N4O2. The molecule has 0 spiro atoms. The fraction of sp³-hybridized carbons (Fsp3) is 0.333. The predicted octanol–water partition coefficient (Wildman–Crippen LogP) is -0.608. The maximum Gasteiger partial charge on any atom is 0.323 e. The molecule has 1 rings (SSSR count). The van der Waals surface area contributed by atoms with Crippen LogP contribution in [0.15, 0.2) is 12.5 Å². The molecule has 1 aromatic heterocycles. The SMILES string of the molecule is CN(CC(=O)O)c1cncnn1. The highest BCUT2D eigenvalue weighted by Gasteiger charge is 2.06. The third kappa shape index (κ3) is 2.15. The highest BCUT2D eigenvalue weighted by atomic mass is 16.4. The Morgan fingerprint density at radius 1 is 1.75 bits per heavy atom. The molecular weight excluding hydrogens is 160 g/mol. The van der Waals surface area contributed by atoms with Crippen LogP contribution < -0.4 is 4.90 Å². The number of nitrogens with zero attached hydrogens (tertiary/aromatic N) is 4. The Morgan fingerprint density at radius 3 is 3.00 bits per heavy atom. The second-order valence-electron chi connectivity index (χ2n) is 2.22. The van der Waals surface area contributed by atoms with E-state index >= 15 is 0 Å². The zero-order valence-corrected chi connectivity index (χ0v) is 6.51. The summed E-state index contributed by atoms with van der Waals surface area (Å²) in [5.74, 6) is -0.469. The van der Waals surface area contributed by atoms with E-state index in [1.807, 2.05) is 0 Å². The van der Waals surface area contributed by atoms with E-state index in [9.17, 15) is 4.79 Å². The van der Waals surface area contributed by atoms with Gasteiger partial charge >= 0.3 is 5.97 Å². The molecule has 12 heavy (non-hydrogen) atoms. The van der Waals surface area contributed by atoms with Crippen molar-refractivity contribution < 1.29 is 9.90 Å². The van der Waals surface area contributed by atoms with E-state index < -0.39 is 5.97 Å². The van der Waals surface area contributed by atoms with E-state index in [-0.39, 0.29) is 6.54 Å².